The van der Waals surface area contributed by atoms with Gasteiger partial charge in [0.1, 0.15) is 18.2 Å². The lowest BCUT2D eigenvalue weighted by atomic mass is 10.1. The second-order valence-corrected chi connectivity index (χ2v) is 9.43. The summed E-state index contributed by atoms with van der Waals surface area (Å²) in [5, 5.41) is 9.71. The molecule has 2 aromatic carbocycles. The van der Waals surface area contributed by atoms with Crippen LogP contribution in [0.15, 0.2) is 48.5 Å². The van der Waals surface area contributed by atoms with Crippen molar-refractivity contribution in [1.29, 1.82) is 0 Å². The van der Waals surface area contributed by atoms with Crippen LogP contribution in [0.25, 0.3) is 16.6 Å². The molecule has 6 rings (SSSR count). The van der Waals surface area contributed by atoms with E-state index in [0.29, 0.717) is 12.6 Å². The van der Waals surface area contributed by atoms with Gasteiger partial charge in [-0.25, -0.2) is 0 Å². The highest BCUT2D eigenvalue weighted by atomic mass is 16.5. The monoisotopic (exact) mass is 454 g/mol. The number of hydrogen-bond acceptors (Lipinski definition) is 6. The van der Waals surface area contributed by atoms with Gasteiger partial charge in [0.05, 0.1) is 11.2 Å². The van der Waals surface area contributed by atoms with Gasteiger partial charge in [0.25, 0.3) is 0 Å². The lowest BCUT2D eigenvalue weighted by Gasteiger charge is -2.41. The Labute approximate surface area is 200 Å². The molecule has 4 heterocycles. The van der Waals surface area contributed by atoms with E-state index in [4.69, 9.17) is 9.72 Å². The number of para-hydroxylation sites is 1. The van der Waals surface area contributed by atoms with Crippen molar-refractivity contribution in [1.82, 2.24) is 24.6 Å². The summed E-state index contributed by atoms with van der Waals surface area (Å²) < 4.78 is 8.24. The van der Waals surface area contributed by atoms with Crippen LogP contribution in [0.4, 0.5) is 5.69 Å². The van der Waals surface area contributed by atoms with Crippen molar-refractivity contribution in [2.75, 3.05) is 31.1 Å². The molecule has 0 spiro atoms. The van der Waals surface area contributed by atoms with E-state index in [1.165, 1.54) is 16.6 Å². The van der Waals surface area contributed by atoms with Gasteiger partial charge < -0.3 is 9.64 Å². The van der Waals surface area contributed by atoms with Crippen molar-refractivity contribution < 1.29 is 4.74 Å². The summed E-state index contributed by atoms with van der Waals surface area (Å²) in [5.41, 5.74) is 5.74. The number of pyridine rings is 1. The lowest BCUT2D eigenvalue weighted by molar-refractivity contribution is 0.190. The zero-order valence-electron chi connectivity index (χ0n) is 20.0. The van der Waals surface area contributed by atoms with Crippen LogP contribution in [0.3, 0.4) is 0 Å². The second-order valence-electron chi connectivity index (χ2n) is 9.43. The number of rotatable bonds is 4. The highest BCUT2D eigenvalue weighted by Gasteiger charge is 2.26. The largest absolute Gasteiger partial charge is 0.483 e. The molecule has 2 aromatic heterocycles. The summed E-state index contributed by atoms with van der Waals surface area (Å²) >= 11 is 0. The van der Waals surface area contributed by atoms with Gasteiger partial charge in [-0.3, -0.25) is 14.5 Å². The van der Waals surface area contributed by atoms with E-state index in [2.05, 4.69) is 80.0 Å². The topological polar surface area (TPSA) is 59.3 Å². The summed E-state index contributed by atoms with van der Waals surface area (Å²) in [6.07, 6.45) is 0.960. The van der Waals surface area contributed by atoms with Gasteiger partial charge in [-0.05, 0) is 63.1 Å². The van der Waals surface area contributed by atoms with Crippen molar-refractivity contribution in [3.05, 3.63) is 71.4 Å². The number of fused-ring (bicyclic) bond motifs is 4. The molecule has 34 heavy (non-hydrogen) atoms. The van der Waals surface area contributed by atoms with Gasteiger partial charge in [-0.15, -0.1) is 10.2 Å². The highest BCUT2D eigenvalue weighted by molar-refractivity contribution is 5.92. The Morgan fingerprint density at radius 3 is 2.71 bits per heavy atom. The Kier molecular flexibility index (Phi) is 5.21. The van der Waals surface area contributed by atoms with Crippen LogP contribution in [0.1, 0.15) is 29.8 Å². The second kappa shape index (κ2) is 8.40. The molecule has 0 unspecified atom stereocenters. The first-order valence-electron chi connectivity index (χ1n) is 12.1. The third-order valence-electron chi connectivity index (χ3n) is 7.18. The maximum atomic E-state index is 6.13. The number of piperazine rings is 1. The predicted molar refractivity (Wildman–Crippen MR) is 134 cm³/mol. The fraction of sp³-hybridized carbons (Fsp3) is 0.370. The quantitative estimate of drug-likeness (QED) is 0.463. The lowest BCUT2D eigenvalue weighted by Crippen LogP contribution is -2.52. The molecule has 0 amide bonds. The van der Waals surface area contributed by atoms with Gasteiger partial charge in [0.2, 0.25) is 0 Å². The Balaban J connectivity index is 1.17. The maximum Gasteiger partial charge on any atom is 0.175 e. The smallest absolute Gasteiger partial charge is 0.175 e. The molecule has 1 atom stereocenters. The van der Waals surface area contributed by atoms with Crippen LogP contribution in [0.5, 0.6) is 5.75 Å². The predicted octanol–water partition coefficient (Wildman–Crippen LogP) is 4.08. The van der Waals surface area contributed by atoms with Gasteiger partial charge in [0, 0.05) is 49.0 Å². The van der Waals surface area contributed by atoms with Crippen molar-refractivity contribution in [3.8, 4) is 11.4 Å². The number of ether oxygens (including phenoxy) is 1. The first-order valence-corrected chi connectivity index (χ1v) is 12.1. The van der Waals surface area contributed by atoms with Crippen LogP contribution in [-0.2, 0) is 13.0 Å². The molecule has 0 saturated carbocycles. The number of benzene rings is 2. The first kappa shape index (κ1) is 21.1. The number of anilines is 1. The molecule has 2 aliphatic rings. The Bertz CT molecular complexity index is 1360. The Morgan fingerprint density at radius 2 is 1.82 bits per heavy atom. The fourth-order valence-electron chi connectivity index (χ4n) is 5.39. The van der Waals surface area contributed by atoms with Crippen LogP contribution in [0, 0.1) is 13.8 Å². The van der Waals surface area contributed by atoms with Crippen LogP contribution in [-0.4, -0.2) is 56.9 Å². The van der Waals surface area contributed by atoms with E-state index in [9.17, 15) is 0 Å². The van der Waals surface area contributed by atoms with E-state index in [1.807, 2.05) is 13.8 Å². The van der Waals surface area contributed by atoms with Crippen molar-refractivity contribution >= 4 is 16.6 Å². The number of hydrogen-bond donors (Lipinski definition) is 0. The average Bonchev–Trinajstić information content (AvgIpc) is 3.23. The summed E-state index contributed by atoms with van der Waals surface area (Å²) in [4.78, 5) is 9.84. The summed E-state index contributed by atoms with van der Waals surface area (Å²) in [6.45, 7) is 10.9. The van der Waals surface area contributed by atoms with Gasteiger partial charge >= 0.3 is 0 Å². The molecule has 1 saturated heterocycles. The minimum Gasteiger partial charge on any atom is -0.483 e. The third-order valence-corrected chi connectivity index (χ3v) is 7.18. The Morgan fingerprint density at radius 1 is 0.971 bits per heavy atom. The molecule has 174 valence electrons. The van der Waals surface area contributed by atoms with Crippen molar-refractivity contribution in [2.45, 2.75) is 39.8 Å². The molecule has 7 nitrogen and oxygen atoms in total. The number of aryl methyl sites for hydroxylation is 2. The first-order chi connectivity index (χ1) is 16.6. The minimum absolute atomic E-state index is 0.467. The summed E-state index contributed by atoms with van der Waals surface area (Å²) in [6, 6.07) is 17.7. The van der Waals surface area contributed by atoms with Crippen LogP contribution in [0.2, 0.25) is 0 Å². The fourth-order valence-corrected chi connectivity index (χ4v) is 5.39. The van der Waals surface area contributed by atoms with Crippen LogP contribution >= 0.6 is 0 Å². The molecule has 2 aliphatic heterocycles. The van der Waals surface area contributed by atoms with Crippen LogP contribution < -0.4 is 9.64 Å². The zero-order valence-corrected chi connectivity index (χ0v) is 20.0. The van der Waals surface area contributed by atoms with Gasteiger partial charge in [-0.1, -0.05) is 18.2 Å². The number of nitrogens with zero attached hydrogens (tertiary/aromatic N) is 6. The molecule has 0 bridgehead atoms. The minimum atomic E-state index is 0.467. The summed E-state index contributed by atoms with van der Waals surface area (Å²) in [5.74, 6) is 2.74. The zero-order chi connectivity index (χ0) is 23.2. The molecular weight excluding hydrogens is 424 g/mol. The molecule has 1 fully saturated rings. The molecule has 7 heteroatoms. The summed E-state index contributed by atoms with van der Waals surface area (Å²) in [7, 11) is 0. The number of aromatic nitrogens is 4. The van der Waals surface area contributed by atoms with Gasteiger partial charge in [0.15, 0.2) is 5.82 Å². The van der Waals surface area contributed by atoms with Gasteiger partial charge in [-0.2, -0.15) is 0 Å². The molecule has 0 radical (unpaired) electrons. The van der Waals surface area contributed by atoms with E-state index in [0.717, 1.165) is 66.9 Å². The molecule has 0 aliphatic carbocycles. The standard InChI is InChI=1S/C27H30N6O/c1-18-10-11-22-23(28-18)7-5-8-24(22)32-15-14-31(19(2)16-32)13-12-21-6-4-9-25-27(21)34-17-26-30-29-20(3)33(25)26/h4-11,19H,12-17H2,1-3H3/t19-/m0/s1. The normalized spacial score (nSPS) is 18.0. The average molecular weight is 455 g/mol. The molecule has 4 aromatic rings. The van der Waals surface area contributed by atoms with E-state index in [1.54, 1.807) is 0 Å². The molecular formula is C27H30N6O. The molecule has 0 N–H and O–H groups in total. The maximum absolute atomic E-state index is 6.13. The Hall–Kier alpha value is -3.45. The van der Waals surface area contributed by atoms with E-state index >= 15 is 0 Å². The third kappa shape index (κ3) is 3.60. The van der Waals surface area contributed by atoms with Crippen molar-refractivity contribution in [3.63, 3.8) is 0 Å². The highest BCUT2D eigenvalue weighted by Crippen LogP contribution is 2.34. The van der Waals surface area contributed by atoms with Crippen molar-refractivity contribution in [2.24, 2.45) is 0 Å². The van der Waals surface area contributed by atoms with E-state index < -0.39 is 0 Å². The SMILES string of the molecule is Cc1ccc2c(N3CCN(CCc4cccc5c4OCc4nnc(C)n4-5)[C@@H](C)C3)cccc2n1. The van der Waals surface area contributed by atoms with E-state index in [-0.39, 0.29) is 0 Å².